The van der Waals surface area contributed by atoms with Gasteiger partial charge < -0.3 is 40.0 Å². The summed E-state index contributed by atoms with van der Waals surface area (Å²) in [7, 11) is 3.46. The van der Waals surface area contributed by atoms with Crippen LogP contribution in [0.5, 0.6) is 0 Å². The minimum absolute atomic E-state index is 0.00366. The van der Waals surface area contributed by atoms with E-state index in [1.165, 1.54) is 101 Å². The van der Waals surface area contributed by atoms with Crippen molar-refractivity contribution in [2.75, 3.05) is 81.5 Å². The van der Waals surface area contributed by atoms with E-state index in [2.05, 4.69) is 234 Å². The molecule has 0 atom stereocenters. The molecule has 684 valence electrons. The number of halogens is 3. The lowest BCUT2D eigenvalue weighted by atomic mass is 9.87. The fourth-order valence-corrected chi connectivity index (χ4v) is 18.2. The predicted octanol–water partition coefficient (Wildman–Crippen LogP) is 22.4. The summed E-state index contributed by atoms with van der Waals surface area (Å²) in [5.41, 5.74) is 35.2. The molecule has 0 saturated heterocycles. The number of aromatic nitrogens is 10. The zero-order chi connectivity index (χ0) is 93.7. The van der Waals surface area contributed by atoms with Gasteiger partial charge in [0.1, 0.15) is 0 Å². The maximum atomic E-state index is 12.8. The van der Waals surface area contributed by atoms with Gasteiger partial charge in [0.2, 0.25) is 0 Å². The summed E-state index contributed by atoms with van der Waals surface area (Å²) < 4.78 is 38.0. The summed E-state index contributed by atoms with van der Waals surface area (Å²) in [5.74, 6) is -0.146. The van der Waals surface area contributed by atoms with Crippen LogP contribution in [-0.4, -0.2) is 116 Å². The summed E-state index contributed by atoms with van der Waals surface area (Å²) in [6.45, 7) is 15.9. The van der Waals surface area contributed by atoms with Crippen LogP contribution in [0.4, 0.5) is 53.0 Å². The maximum absolute atomic E-state index is 12.8. The molecule has 5 aliphatic rings. The van der Waals surface area contributed by atoms with Gasteiger partial charge in [-0.15, -0.1) is 0 Å². The van der Waals surface area contributed by atoms with Crippen molar-refractivity contribution >= 4 is 57.5 Å². The van der Waals surface area contributed by atoms with Crippen molar-refractivity contribution < 1.29 is 27.6 Å². The lowest BCUT2D eigenvalue weighted by Gasteiger charge is -2.22. The highest BCUT2D eigenvalue weighted by Gasteiger charge is 2.32. The second-order valence-electron chi connectivity index (χ2n) is 35.8. The number of aromatic amines is 5. The smallest absolute Gasteiger partial charge is 0.367 e. The van der Waals surface area contributed by atoms with Crippen molar-refractivity contribution in [3.8, 4) is 55.6 Å². The van der Waals surface area contributed by atoms with Crippen LogP contribution in [0, 0.1) is 0 Å². The fraction of sp³-hybridized carbons (Fsp3) is 0.196. The van der Waals surface area contributed by atoms with E-state index in [1.807, 2.05) is 184 Å². The van der Waals surface area contributed by atoms with E-state index in [0.29, 0.717) is 23.2 Å². The summed E-state index contributed by atoms with van der Waals surface area (Å²) in [5, 5.41) is 40.0. The minimum atomic E-state index is -4.29. The number of H-pyrrole nitrogens is 5. The molecule has 0 bridgehead atoms. The van der Waals surface area contributed by atoms with Crippen molar-refractivity contribution in [1.82, 2.24) is 56.3 Å². The number of nitrogens with zero attached hydrogens (tertiary/aromatic N) is 11. The number of rotatable bonds is 20. The Labute approximate surface area is 789 Å². The number of fused-ring (bicyclic) bond motifs is 5. The number of carbonyl (C=O) groups excluding carboxylic acids is 3. The molecule has 3 amide bonds. The van der Waals surface area contributed by atoms with Crippen LogP contribution in [-0.2, 0) is 76.4 Å². The molecule has 0 radical (unpaired) electrons. The van der Waals surface area contributed by atoms with Crippen molar-refractivity contribution in [3.63, 3.8) is 0 Å². The first-order chi connectivity index (χ1) is 66.2. The van der Waals surface area contributed by atoms with Gasteiger partial charge in [-0.3, -0.25) is 39.9 Å². The lowest BCUT2D eigenvalue weighted by molar-refractivity contribution is -0.137. The number of alkyl halides is 3. The molecule has 5 aliphatic heterocycles. The SMILES string of the molecule is CC(C)(C)c1ccc(CN2CCc3cc(-c4cn[nH]c4)ccc32)cc1.CN(C(=O)c1ccc(CN2CCc3cc(-c4cn[nH]c4)ccc32)cc1)c1ccccc1.CNC(=O)c1ccc(CN2CCc3cc(-c4cn[nH]c4)ccc32)cc1.FC(F)(F)c1ccc(CN2CCc3cc(-c4cn[nH]c4)ccc32)cc1.O=C(Nc1ccccc1)c1ccc(CN2CCc3cc(-c4cn[nH]c4)ccc32)cc1. The number of benzene rings is 12. The highest BCUT2D eigenvalue weighted by molar-refractivity contribution is 6.06. The molecule has 22 rings (SSSR count). The average molecular weight is 1810 g/mol. The quantitative estimate of drug-likeness (QED) is 0.0376. The van der Waals surface area contributed by atoms with Crippen LogP contribution >= 0.6 is 0 Å². The molecule has 136 heavy (non-hydrogen) atoms. The third-order valence-corrected chi connectivity index (χ3v) is 25.8. The molecule has 17 aromatic rings. The van der Waals surface area contributed by atoms with Crippen molar-refractivity contribution in [1.29, 1.82) is 0 Å². The van der Waals surface area contributed by atoms with Crippen molar-refractivity contribution in [2.45, 2.75) is 97.2 Å². The molecule has 0 saturated carbocycles. The van der Waals surface area contributed by atoms with Gasteiger partial charge in [-0.05, 0) is 260 Å². The largest absolute Gasteiger partial charge is 0.416 e. The molecule has 5 aromatic heterocycles. The standard InChI is InChI=1S/C26H24N4O.C25H22N4O.C22H25N3.C20H20N4O.C19H16F3N3/c1-29(24-5-3-2-4-6-24)26(31)20-9-7-19(8-10-20)18-30-14-13-22-15-21(11-12-25(22)30)23-16-27-28-17-23;30-25(28-23-4-2-1-3-5-23)19-8-6-18(7-9-19)17-29-13-12-21-14-20(10-11-24(21)29)22-15-26-27-16-22;1-22(2,3)20-7-4-16(5-8-20)15-25-11-10-18-12-17(6-9-21(18)25)19-13-23-24-14-19;1-21-20(25)15-4-2-14(3-5-15)13-24-9-8-17-10-16(6-7-19(17)24)18-11-22-23-12-18;20-19(21,22)17-4-1-13(2-5-17)12-25-8-7-15-9-14(3-6-18(15)25)16-10-23-24-11-16/h2-12,15-17H,13-14,18H2,1H3,(H,27,28);1-11,14-16H,12-13,17H2,(H,26,27)(H,28,30);4-9,12-14H,10-11,15H2,1-3H3,(H,23,24);2-7,10-12H,8-9,13H2,1H3,(H,21,25)(H,22,23);1-6,9-11H,7-8,12H2,(H,23,24). The van der Waals surface area contributed by atoms with Crippen LogP contribution < -0.4 is 40.0 Å². The Morgan fingerprint density at radius 2 is 0.603 bits per heavy atom. The Morgan fingerprint density at radius 3 is 0.875 bits per heavy atom. The topological polar surface area (TPSA) is 238 Å². The minimum Gasteiger partial charge on any atom is -0.367 e. The van der Waals surface area contributed by atoms with E-state index < -0.39 is 11.7 Å². The summed E-state index contributed by atoms with van der Waals surface area (Å²) in [6.07, 6.45) is 19.7. The number of hydrogen-bond acceptors (Lipinski definition) is 13. The second-order valence-corrected chi connectivity index (χ2v) is 35.8. The Bertz CT molecular complexity index is 6730. The van der Waals surface area contributed by atoms with E-state index in [4.69, 9.17) is 0 Å². The Kier molecular flexibility index (Phi) is 27.2. The molecule has 0 unspecified atom stereocenters. The van der Waals surface area contributed by atoms with Crippen LogP contribution in [0.1, 0.15) is 119 Å². The highest BCUT2D eigenvalue weighted by Crippen LogP contribution is 2.41. The van der Waals surface area contributed by atoms with Gasteiger partial charge in [-0.2, -0.15) is 38.7 Å². The molecular formula is C112H107F3N18O3. The Balaban J connectivity index is 0.000000114. The molecule has 10 heterocycles. The zero-order valence-corrected chi connectivity index (χ0v) is 76.6. The van der Waals surface area contributed by atoms with E-state index in [9.17, 15) is 27.6 Å². The molecule has 0 aliphatic carbocycles. The Morgan fingerprint density at radius 1 is 0.331 bits per heavy atom. The number of nitrogens with one attached hydrogen (secondary N) is 7. The van der Waals surface area contributed by atoms with Gasteiger partial charge in [0, 0.05) is 195 Å². The molecule has 0 fully saturated rings. The Hall–Kier alpha value is -16.1. The van der Waals surface area contributed by atoms with Gasteiger partial charge in [-0.1, -0.05) is 160 Å². The van der Waals surface area contributed by atoms with Gasteiger partial charge in [0.05, 0.1) is 36.5 Å². The number of hydrogen-bond donors (Lipinski definition) is 7. The first-order valence-electron chi connectivity index (χ1n) is 46.0. The van der Waals surface area contributed by atoms with E-state index >= 15 is 0 Å². The molecule has 12 aromatic carbocycles. The second kappa shape index (κ2) is 40.9. The van der Waals surface area contributed by atoms with Crippen molar-refractivity contribution in [2.24, 2.45) is 0 Å². The number of anilines is 7. The van der Waals surface area contributed by atoms with E-state index in [1.54, 1.807) is 30.3 Å². The van der Waals surface area contributed by atoms with E-state index in [-0.39, 0.29) is 23.1 Å². The molecular weight excluding hydrogens is 1700 g/mol. The van der Waals surface area contributed by atoms with Crippen molar-refractivity contribution in [3.05, 3.63) is 418 Å². The van der Waals surface area contributed by atoms with Gasteiger partial charge >= 0.3 is 6.18 Å². The van der Waals surface area contributed by atoms with Gasteiger partial charge in [0.15, 0.2) is 0 Å². The first-order valence-corrected chi connectivity index (χ1v) is 46.0. The fourth-order valence-electron chi connectivity index (χ4n) is 18.2. The molecule has 0 spiro atoms. The monoisotopic (exact) mass is 1810 g/mol. The maximum Gasteiger partial charge on any atom is 0.416 e. The molecule has 7 N–H and O–H groups in total. The zero-order valence-electron chi connectivity index (χ0n) is 76.6. The van der Waals surface area contributed by atoms with Crippen LogP contribution in [0.25, 0.3) is 55.6 Å². The van der Waals surface area contributed by atoms with Gasteiger partial charge in [0.25, 0.3) is 17.7 Å². The van der Waals surface area contributed by atoms with Crippen LogP contribution in [0.15, 0.2) is 335 Å². The molecule has 21 nitrogen and oxygen atoms in total. The number of amides is 3. The van der Waals surface area contributed by atoms with Crippen LogP contribution in [0.3, 0.4) is 0 Å². The van der Waals surface area contributed by atoms with Gasteiger partial charge in [-0.25, -0.2) is 0 Å². The van der Waals surface area contributed by atoms with Crippen LogP contribution in [0.2, 0.25) is 0 Å². The average Bonchev–Trinajstić information content (AvgIpc) is 1.67. The predicted molar refractivity (Wildman–Crippen MR) is 537 cm³/mol. The molecule has 24 heteroatoms. The highest BCUT2D eigenvalue weighted by atomic mass is 19.4. The summed E-state index contributed by atoms with van der Waals surface area (Å²) in [4.78, 5) is 50.4. The number of carbonyl (C=O) groups is 3. The third kappa shape index (κ3) is 21.6. The van der Waals surface area contributed by atoms with E-state index in [0.717, 1.165) is 159 Å². The third-order valence-electron chi connectivity index (χ3n) is 25.8. The summed E-state index contributed by atoms with van der Waals surface area (Å²) in [6, 6.07) is 90.3. The normalized spacial score (nSPS) is 13.2. The number of para-hydroxylation sites is 2. The summed E-state index contributed by atoms with van der Waals surface area (Å²) >= 11 is 0. The lowest BCUT2D eigenvalue weighted by Crippen LogP contribution is -2.26. The first kappa shape index (κ1) is 90.4.